The summed E-state index contributed by atoms with van der Waals surface area (Å²) < 4.78 is 0. The van der Waals surface area contributed by atoms with Gasteiger partial charge in [-0.3, -0.25) is 4.79 Å². The number of fused-ring (bicyclic) bond motifs is 1. The maximum absolute atomic E-state index is 13.1. The Hall–Kier alpha value is -2.73. The van der Waals surface area contributed by atoms with Crippen LogP contribution in [0, 0.1) is 12.8 Å². The highest BCUT2D eigenvalue weighted by Crippen LogP contribution is 2.26. The molecule has 0 saturated carbocycles. The van der Waals surface area contributed by atoms with Crippen molar-refractivity contribution >= 4 is 40.2 Å². The quantitative estimate of drug-likeness (QED) is 0.670. The van der Waals surface area contributed by atoms with Gasteiger partial charge in [0.1, 0.15) is 0 Å². The van der Waals surface area contributed by atoms with Gasteiger partial charge in [-0.05, 0) is 61.7 Å². The number of aryl methyl sites for hydroxylation is 1. The van der Waals surface area contributed by atoms with Crippen LogP contribution in [0.5, 0.6) is 0 Å². The fourth-order valence-electron chi connectivity index (χ4n) is 4.69. The maximum atomic E-state index is 13.1. The monoisotopic (exact) mass is 437 g/mol. The number of amides is 1. The van der Waals surface area contributed by atoms with Gasteiger partial charge in [-0.25, -0.2) is 4.98 Å². The van der Waals surface area contributed by atoms with Gasteiger partial charge < -0.3 is 19.7 Å². The second-order valence-electron chi connectivity index (χ2n) is 8.63. The first kappa shape index (κ1) is 20.2. The summed E-state index contributed by atoms with van der Waals surface area (Å²) in [6, 6.07) is 14.2. The fraction of sp³-hybridized carbons (Fsp3) is 0.417. The molecule has 7 heteroatoms. The Bertz CT molecular complexity index is 1060. The third-order valence-corrected chi connectivity index (χ3v) is 6.80. The minimum atomic E-state index is 0.116. The lowest BCUT2D eigenvalue weighted by Crippen LogP contribution is -2.51. The Morgan fingerprint density at radius 1 is 0.968 bits per heavy atom. The van der Waals surface area contributed by atoms with Gasteiger partial charge in [-0.1, -0.05) is 17.7 Å². The normalized spacial score (nSPS) is 18.1. The van der Waals surface area contributed by atoms with Crippen LogP contribution < -0.4 is 9.80 Å². The lowest BCUT2D eigenvalue weighted by molar-refractivity contribution is -0.136. The van der Waals surface area contributed by atoms with Crippen molar-refractivity contribution in [2.24, 2.45) is 5.92 Å². The zero-order valence-corrected chi connectivity index (χ0v) is 18.6. The first-order chi connectivity index (χ1) is 15.1. The number of anilines is 2. The van der Waals surface area contributed by atoms with E-state index in [0.29, 0.717) is 5.91 Å². The van der Waals surface area contributed by atoms with Gasteiger partial charge in [0, 0.05) is 55.9 Å². The Morgan fingerprint density at radius 3 is 2.39 bits per heavy atom. The molecule has 0 spiro atoms. The van der Waals surface area contributed by atoms with Crippen LogP contribution in [0.4, 0.5) is 11.6 Å². The first-order valence-corrected chi connectivity index (χ1v) is 11.5. The van der Waals surface area contributed by atoms with Gasteiger partial charge in [0.05, 0.1) is 11.0 Å². The molecule has 3 heterocycles. The predicted octanol–water partition coefficient (Wildman–Crippen LogP) is 4.09. The molecule has 1 N–H and O–H groups in total. The van der Waals surface area contributed by atoms with Crippen LogP contribution in [-0.2, 0) is 4.79 Å². The summed E-state index contributed by atoms with van der Waals surface area (Å²) >= 11 is 6.00. The molecule has 6 nitrogen and oxygen atoms in total. The van der Waals surface area contributed by atoms with Crippen molar-refractivity contribution in [3.63, 3.8) is 0 Å². The van der Waals surface area contributed by atoms with E-state index in [2.05, 4.69) is 56.9 Å². The summed E-state index contributed by atoms with van der Waals surface area (Å²) in [6.45, 7) is 7.11. The third-order valence-electron chi connectivity index (χ3n) is 6.55. The minimum absolute atomic E-state index is 0.116. The molecule has 2 aliphatic rings. The molecule has 0 radical (unpaired) electrons. The standard InChI is InChI=1S/C24H28ClN5O/c1-17-2-7-21-22(16-17)27-24(26-21)30-10-8-18(9-11-30)23(31)29-14-12-28(13-15-29)20-5-3-19(25)4-6-20/h2-7,16,18H,8-15H2,1H3,(H,26,27). The number of nitrogens with zero attached hydrogens (tertiary/aromatic N) is 4. The summed E-state index contributed by atoms with van der Waals surface area (Å²) in [5.41, 5.74) is 4.47. The molecule has 1 amide bonds. The number of imidazole rings is 1. The molecule has 0 bridgehead atoms. The average molecular weight is 438 g/mol. The molecular weight excluding hydrogens is 410 g/mol. The topological polar surface area (TPSA) is 55.5 Å². The number of nitrogens with one attached hydrogen (secondary N) is 1. The predicted molar refractivity (Wildman–Crippen MR) is 126 cm³/mol. The van der Waals surface area contributed by atoms with Gasteiger partial charge in [-0.15, -0.1) is 0 Å². The lowest BCUT2D eigenvalue weighted by atomic mass is 9.95. The van der Waals surface area contributed by atoms with Crippen LogP contribution in [0.1, 0.15) is 18.4 Å². The number of rotatable bonds is 3. The number of H-pyrrole nitrogens is 1. The van der Waals surface area contributed by atoms with E-state index >= 15 is 0 Å². The van der Waals surface area contributed by atoms with Crippen LogP contribution in [0.3, 0.4) is 0 Å². The van der Waals surface area contributed by atoms with E-state index in [1.807, 2.05) is 12.1 Å². The van der Waals surface area contributed by atoms with Gasteiger partial charge in [0.2, 0.25) is 11.9 Å². The Kier molecular flexibility index (Phi) is 5.48. The molecule has 2 aromatic carbocycles. The number of piperazine rings is 1. The second-order valence-corrected chi connectivity index (χ2v) is 9.07. The highest BCUT2D eigenvalue weighted by molar-refractivity contribution is 6.30. The molecule has 0 aliphatic carbocycles. The van der Waals surface area contributed by atoms with Crippen molar-refractivity contribution in [2.45, 2.75) is 19.8 Å². The molecule has 5 rings (SSSR count). The van der Waals surface area contributed by atoms with Crippen molar-refractivity contribution in [1.29, 1.82) is 0 Å². The van der Waals surface area contributed by atoms with Crippen molar-refractivity contribution in [3.05, 3.63) is 53.1 Å². The Labute approximate surface area is 187 Å². The summed E-state index contributed by atoms with van der Waals surface area (Å²) in [6.07, 6.45) is 1.76. The average Bonchev–Trinajstić information content (AvgIpc) is 3.22. The third kappa shape index (κ3) is 4.22. The number of piperidine rings is 1. The van der Waals surface area contributed by atoms with E-state index in [1.165, 1.54) is 11.3 Å². The summed E-state index contributed by atoms with van der Waals surface area (Å²) in [4.78, 5) is 27.9. The van der Waals surface area contributed by atoms with Crippen LogP contribution >= 0.6 is 11.6 Å². The van der Waals surface area contributed by atoms with E-state index in [4.69, 9.17) is 16.6 Å². The van der Waals surface area contributed by atoms with E-state index in [-0.39, 0.29) is 5.92 Å². The van der Waals surface area contributed by atoms with Gasteiger partial charge >= 0.3 is 0 Å². The number of halogens is 1. The largest absolute Gasteiger partial charge is 0.368 e. The van der Waals surface area contributed by atoms with E-state index in [9.17, 15) is 4.79 Å². The Morgan fingerprint density at radius 2 is 1.68 bits per heavy atom. The smallest absolute Gasteiger partial charge is 0.225 e. The second kappa shape index (κ2) is 8.42. The lowest BCUT2D eigenvalue weighted by Gasteiger charge is -2.39. The number of carbonyl (C=O) groups excluding carboxylic acids is 1. The molecule has 0 atom stereocenters. The van der Waals surface area contributed by atoms with E-state index in [0.717, 1.165) is 74.1 Å². The summed E-state index contributed by atoms with van der Waals surface area (Å²) in [5.74, 6) is 1.35. The zero-order chi connectivity index (χ0) is 21.4. The fourth-order valence-corrected chi connectivity index (χ4v) is 4.82. The minimum Gasteiger partial charge on any atom is -0.368 e. The number of hydrogen-bond acceptors (Lipinski definition) is 4. The molecule has 3 aromatic rings. The molecule has 162 valence electrons. The van der Waals surface area contributed by atoms with Crippen LogP contribution in [0.25, 0.3) is 11.0 Å². The SMILES string of the molecule is Cc1ccc2nc(N3CCC(C(=O)N4CCN(c5ccc(Cl)cc5)CC4)CC3)[nH]c2c1. The zero-order valence-electron chi connectivity index (χ0n) is 17.9. The van der Waals surface area contributed by atoms with Crippen molar-refractivity contribution < 1.29 is 4.79 Å². The van der Waals surface area contributed by atoms with Gasteiger partial charge in [0.25, 0.3) is 0 Å². The molecule has 31 heavy (non-hydrogen) atoms. The number of hydrogen-bond donors (Lipinski definition) is 1. The van der Waals surface area contributed by atoms with Crippen molar-refractivity contribution in [1.82, 2.24) is 14.9 Å². The van der Waals surface area contributed by atoms with Crippen molar-refractivity contribution in [2.75, 3.05) is 49.1 Å². The highest BCUT2D eigenvalue weighted by atomic mass is 35.5. The van der Waals surface area contributed by atoms with E-state index in [1.54, 1.807) is 0 Å². The summed E-state index contributed by atoms with van der Waals surface area (Å²) in [7, 11) is 0. The van der Waals surface area contributed by atoms with Crippen LogP contribution in [0.15, 0.2) is 42.5 Å². The number of carbonyl (C=O) groups is 1. The van der Waals surface area contributed by atoms with Crippen LogP contribution in [0.2, 0.25) is 5.02 Å². The molecule has 2 fully saturated rings. The molecular formula is C24H28ClN5O. The first-order valence-electron chi connectivity index (χ1n) is 11.1. The van der Waals surface area contributed by atoms with Gasteiger partial charge in [-0.2, -0.15) is 0 Å². The van der Waals surface area contributed by atoms with Crippen LogP contribution in [-0.4, -0.2) is 60.0 Å². The van der Waals surface area contributed by atoms with E-state index < -0.39 is 0 Å². The molecule has 0 unspecified atom stereocenters. The summed E-state index contributed by atoms with van der Waals surface area (Å²) in [5, 5.41) is 0.752. The van der Waals surface area contributed by atoms with Gasteiger partial charge in [0.15, 0.2) is 0 Å². The number of aromatic amines is 1. The highest BCUT2D eigenvalue weighted by Gasteiger charge is 2.31. The maximum Gasteiger partial charge on any atom is 0.225 e. The van der Waals surface area contributed by atoms with Crippen molar-refractivity contribution in [3.8, 4) is 0 Å². The Balaban J connectivity index is 1.15. The molecule has 1 aromatic heterocycles. The molecule has 2 aliphatic heterocycles. The molecule has 2 saturated heterocycles. The number of benzene rings is 2. The number of aromatic nitrogens is 2.